The fraction of sp³-hybridized carbons (Fsp3) is 0.100. The van der Waals surface area contributed by atoms with Gasteiger partial charge in [-0.2, -0.15) is 0 Å². The van der Waals surface area contributed by atoms with Crippen molar-refractivity contribution in [2.75, 3.05) is 11.9 Å². The molecule has 2 aromatic carbocycles. The minimum atomic E-state index is -0.728. The number of H-pyrrole nitrogens is 2. The zero-order chi connectivity index (χ0) is 18.8. The second kappa shape index (κ2) is 6.95. The summed E-state index contributed by atoms with van der Waals surface area (Å²) in [7, 11) is 0. The largest absolute Gasteiger partial charge is 0.361 e. The van der Waals surface area contributed by atoms with E-state index < -0.39 is 11.8 Å². The minimum absolute atomic E-state index is 0.268. The second-order valence-electron chi connectivity index (χ2n) is 6.21. The van der Waals surface area contributed by atoms with Gasteiger partial charge < -0.3 is 20.6 Å². The standard InChI is InChI=1S/C20H17FN4O2/c21-13-4-5-17-15(10-13)12(11-24-17)6-8-23-19(26)20(27)25-18-3-1-2-16-14(18)7-9-22-16/h1-5,7,9-11,22,24H,6,8H2,(H,23,26)(H,25,27). The molecule has 0 radical (unpaired) electrons. The van der Waals surface area contributed by atoms with Gasteiger partial charge >= 0.3 is 11.8 Å². The highest BCUT2D eigenvalue weighted by atomic mass is 19.1. The molecule has 0 atom stereocenters. The highest BCUT2D eigenvalue weighted by Gasteiger charge is 2.15. The van der Waals surface area contributed by atoms with Crippen LogP contribution in [0, 0.1) is 5.82 Å². The molecule has 4 N–H and O–H groups in total. The lowest BCUT2D eigenvalue weighted by molar-refractivity contribution is -0.136. The molecule has 0 fully saturated rings. The molecule has 0 spiro atoms. The summed E-state index contributed by atoms with van der Waals surface area (Å²) >= 11 is 0. The Kier molecular flexibility index (Phi) is 4.33. The average molecular weight is 364 g/mol. The molecular weight excluding hydrogens is 347 g/mol. The average Bonchev–Trinajstić information content (AvgIpc) is 3.29. The van der Waals surface area contributed by atoms with Crippen molar-refractivity contribution in [1.82, 2.24) is 15.3 Å². The maximum atomic E-state index is 13.4. The van der Waals surface area contributed by atoms with Crippen molar-refractivity contribution >= 4 is 39.3 Å². The quantitative estimate of drug-likeness (QED) is 0.419. The number of rotatable bonds is 4. The van der Waals surface area contributed by atoms with Crippen molar-refractivity contribution < 1.29 is 14.0 Å². The maximum Gasteiger partial charge on any atom is 0.313 e. The molecule has 136 valence electrons. The normalized spacial score (nSPS) is 11.0. The van der Waals surface area contributed by atoms with Crippen molar-refractivity contribution in [3.05, 3.63) is 66.2 Å². The summed E-state index contributed by atoms with van der Waals surface area (Å²) in [5.74, 6) is -1.76. The highest BCUT2D eigenvalue weighted by molar-refractivity contribution is 6.40. The number of halogens is 1. The van der Waals surface area contributed by atoms with Gasteiger partial charge in [0.25, 0.3) is 0 Å². The van der Waals surface area contributed by atoms with Crippen LogP contribution in [0.5, 0.6) is 0 Å². The number of amides is 2. The zero-order valence-electron chi connectivity index (χ0n) is 14.3. The first-order valence-corrected chi connectivity index (χ1v) is 8.52. The highest BCUT2D eigenvalue weighted by Crippen LogP contribution is 2.22. The Balaban J connectivity index is 1.37. The van der Waals surface area contributed by atoms with Crippen LogP contribution in [0.25, 0.3) is 21.8 Å². The molecule has 0 aliphatic rings. The van der Waals surface area contributed by atoms with Gasteiger partial charge in [0.2, 0.25) is 0 Å². The van der Waals surface area contributed by atoms with Gasteiger partial charge in [-0.05, 0) is 48.4 Å². The molecule has 2 aromatic heterocycles. The van der Waals surface area contributed by atoms with E-state index in [1.165, 1.54) is 12.1 Å². The molecule has 6 nitrogen and oxygen atoms in total. The van der Waals surface area contributed by atoms with E-state index in [9.17, 15) is 14.0 Å². The van der Waals surface area contributed by atoms with Crippen LogP contribution in [0.3, 0.4) is 0 Å². The van der Waals surface area contributed by atoms with Crippen molar-refractivity contribution in [3.63, 3.8) is 0 Å². The number of hydrogen-bond acceptors (Lipinski definition) is 2. The Hall–Kier alpha value is -3.61. The number of carbonyl (C=O) groups excluding carboxylic acids is 2. The first kappa shape index (κ1) is 16.8. The molecule has 0 saturated carbocycles. The second-order valence-corrected chi connectivity index (χ2v) is 6.21. The fourth-order valence-electron chi connectivity index (χ4n) is 3.12. The van der Waals surface area contributed by atoms with Crippen LogP contribution in [-0.2, 0) is 16.0 Å². The molecule has 2 heterocycles. The molecule has 27 heavy (non-hydrogen) atoms. The van der Waals surface area contributed by atoms with E-state index in [0.29, 0.717) is 12.1 Å². The molecule has 4 aromatic rings. The number of carbonyl (C=O) groups is 2. The summed E-state index contributed by atoms with van der Waals surface area (Å²) in [5, 5.41) is 6.82. The Morgan fingerprint density at radius 1 is 0.963 bits per heavy atom. The smallest absolute Gasteiger partial charge is 0.313 e. The van der Waals surface area contributed by atoms with Crippen molar-refractivity contribution in [2.24, 2.45) is 0 Å². The van der Waals surface area contributed by atoms with Crippen LogP contribution in [0.4, 0.5) is 10.1 Å². The number of nitrogens with one attached hydrogen (secondary N) is 4. The predicted octanol–water partition coefficient (Wildman–Crippen LogP) is 3.09. The third-order valence-electron chi connectivity index (χ3n) is 4.46. The molecule has 4 rings (SSSR count). The summed E-state index contributed by atoms with van der Waals surface area (Å²) in [5.41, 5.74) is 3.15. The SMILES string of the molecule is O=C(NCCc1c[nH]c2ccc(F)cc12)C(=O)Nc1cccc2[nH]ccc12. The summed E-state index contributed by atoms with van der Waals surface area (Å²) < 4.78 is 13.4. The lowest BCUT2D eigenvalue weighted by atomic mass is 10.1. The van der Waals surface area contributed by atoms with Gasteiger partial charge in [0.15, 0.2) is 0 Å². The third kappa shape index (κ3) is 3.39. The van der Waals surface area contributed by atoms with Gasteiger partial charge in [-0.15, -0.1) is 0 Å². The minimum Gasteiger partial charge on any atom is -0.361 e. The third-order valence-corrected chi connectivity index (χ3v) is 4.46. The van der Waals surface area contributed by atoms with E-state index in [2.05, 4.69) is 20.6 Å². The van der Waals surface area contributed by atoms with E-state index in [1.54, 1.807) is 30.6 Å². The van der Waals surface area contributed by atoms with E-state index in [1.807, 2.05) is 12.1 Å². The van der Waals surface area contributed by atoms with E-state index >= 15 is 0 Å². The van der Waals surface area contributed by atoms with Crippen LogP contribution in [0.1, 0.15) is 5.56 Å². The van der Waals surface area contributed by atoms with Gasteiger partial charge in [-0.1, -0.05) is 6.07 Å². The van der Waals surface area contributed by atoms with Crippen LogP contribution in [0.2, 0.25) is 0 Å². The van der Waals surface area contributed by atoms with Crippen LogP contribution >= 0.6 is 0 Å². The molecule has 0 aliphatic heterocycles. The molecule has 0 bridgehead atoms. The summed E-state index contributed by atoms with van der Waals surface area (Å²) in [6.45, 7) is 0.268. The number of aromatic amines is 2. The monoisotopic (exact) mass is 364 g/mol. The number of benzene rings is 2. The first-order valence-electron chi connectivity index (χ1n) is 8.52. The Bertz CT molecular complexity index is 1150. The van der Waals surface area contributed by atoms with Crippen molar-refractivity contribution in [1.29, 1.82) is 0 Å². The van der Waals surface area contributed by atoms with Gasteiger partial charge in [0.05, 0.1) is 5.69 Å². The van der Waals surface area contributed by atoms with Crippen LogP contribution < -0.4 is 10.6 Å². The zero-order valence-corrected chi connectivity index (χ0v) is 14.3. The first-order chi connectivity index (χ1) is 13.1. The van der Waals surface area contributed by atoms with Gasteiger partial charge in [-0.3, -0.25) is 9.59 Å². The van der Waals surface area contributed by atoms with E-state index in [-0.39, 0.29) is 12.4 Å². The predicted molar refractivity (Wildman–Crippen MR) is 102 cm³/mol. The maximum absolute atomic E-state index is 13.4. The van der Waals surface area contributed by atoms with Crippen molar-refractivity contribution in [3.8, 4) is 0 Å². The molecule has 2 amide bonds. The van der Waals surface area contributed by atoms with Gasteiger partial charge in [0, 0.05) is 40.7 Å². The number of aromatic nitrogens is 2. The topological polar surface area (TPSA) is 89.8 Å². The molecular formula is C20H17FN4O2. The van der Waals surface area contributed by atoms with Crippen LogP contribution in [0.15, 0.2) is 54.9 Å². The lowest BCUT2D eigenvalue weighted by Crippen LogP contribution is -2.36. The van der Waals surface area contributed by atoms with E-state index in [0.717, 1.165) is 27.4 Å². The summed E-state index contributed by atoms with van der Waals surface area (Å²) in [4.78, 5) is 30.3. The Labute approximate surface area is 153 Å². The number of anilines is 1. The van der Waals surface area contributed by atoms with Gasteiger partial charge in [0.1, 0.15) is 5.82 Å². The van der Waals surface area contributed by atoms with Gasteiger partial charge in [-0.25, -0.2) is 4.39 Å². The summed E-state index contributed by atoms with van der Waals surface area (Å²) in [6.07, 6.45) is 4.03. The molecule has 0 saturated heterocycles. The Morgan fingerprint density at radius 2 is 1.81 bits per heavy atom. The van der Waals surface area contributed by atoms with Crippen molar-refractivity contribution in [2.45, 2.75) is 6.42 Å². The molecule has 0 unspecified atom stereocenters. The van der Waals surface area contributed by atoms with E-state index in [4.69, 9.17) is 0 Å². The number of fused-ring (bicyclic) bond motifs is 2. The lowest BCUT2D eigenvalue weighted by Gasteiger charge is -2.07. The fourth-order valence-corrected chi connectivity index (χ4v) is 3.12. The number of hydrogen-bond donors (Lipinski definition) is 4. The molecule has 7 heteroatoms. The molecule has 0 aliphatic carbocycles. The summed E-state index contributed by atoms with van der Waals surface area (Å²) in [6, 6.07) is 11.8. The van der Waals surface area contributed by atoms with Crippen LogP contribution in [-0.4, -0.2) is 28.3 Å². The Morgan fingerprint density at radius 3 is 2.70 bits per heavy atom.